The predicted octanol–water partition coefficient (Wildman–Crippen LogP) is 7.21. The van der Waals surface area contributed by atoms with Crippen LogP contribution in [-0.4, -0.2) is 28.2 Å². The van der Waals surface area contributed by atoms with Crippen molar-refractivity contribution in [3.05, 3.63) is 171 Å². The Hall–Kier alpha value is -5.96. The van der Waals surface area contributed by atoms with Crippen molar-refractivity contribution in [3.8, 4) is 5.75 Å². The molecule has 0 radical (unpaired) electrons. The van der Waals surface area contributed by atoms with Crippen LogP contribution in [0.2, 0.25) is 0 Å². The van der Waals surface area contributed by atoms with E-state index in [-0.39, 0.29) is 42.3 Å². The Morgan fingerprint density at radius 1 is 0.809 bits per heavy atom. The molecule has 236 valence electrons. The van der Waals surface area contributed by atoms with Gasteiger partial charge in [-0.25, -0.2) is 0 Å². The second-order valence-corrected chi connectivity index (χ2v) is 11.4. The van der Waals surface area contributed by atoms with E-state index < -0.39 is 11.1 Å². The summed E-state index contributed by atoms with van der Waals surface area (Å²) in [7, 11) is 0. The maximum absolute atomic E-state index is 14.2. The lowest BCUT2D eigenvalue weighted by Crippen LogP contribution is -2.48. The first kappa shape index (κ1) is 31.0. The van der Waals surface area contributed by atoms with Gasteiger partial charge in [-0.1, -0.05) is 103 Å². The summed E-state index contributed by atoms with van der Waals surface area (Å²) in [6, 6.07) is 40.9. The molecular weight excluding hydrogens is 592 g/mol. The minimum atomic E-state index is -0.541. The Balaban J connectivity index is 1.31. The molecular formula is C38H34N4O5. The minimum absolute atomic E-state index is 0.140. The Morgan fingerprint density at radius 3 is 1.98 bits per heavy atom. The summed E-state index contributed by atoms with van der Waals surface area (Å²) in [6.07, 6.45) is -0.541. The van der Waals surface area contributed by atoms with Crippen LogP contribution in [0, 0.1) is 10.1 Å². The average Bonchev–Trinajstić information content (AvgIpc) is 3.10. The third kappa shape index (κ3) is 7.15. The third-order valence-corrected chi connectivity index (χ3v) is 8.20. The van der Waals surface area contributed by atoms with E-state index in [0.717, 1.165) is 22.3 Å². The van der Waals surface area contributed by atoms with Crippen LogP contribution < -0.4 is 15.0 Å². The lowest BCUT2D eigenvalue weighted by Gasteiger charge is -2.46. The van der Waals surface area contributed by atoms with Crippen LogP contribution in [0.4, 0.5) is 11.4 Å². The van der Waals surface area contributed by atoms with Crippen molar-refractivity contribution < 1.29 is 19.2 Å². The smallest absolute Gasteiger partial charge is 0.270 e. The average molecular weight is 627 g/mol. The van der Waals surface area contributed by atoms with Crippen molar-refractivity contribution in [3.63, 3.8) is 0 Å². The number of carbonyl (C=O) groups excluding carboxylic acids is 2. The summed E-state index contributed by atoms with van der Waals surface area (Å²) in [5.41, 5.74) is 4.52. The molecule has 0 bridgehead atoms. The second-order valence-electron chi connectivity index (χ2n) is 11.4. The van der Waals surface area contributed by atoms with Gasteiger partial charge in [0.15, 0.2) is 6.61 Å². The number of non-ortho nitro benzene ring substituents is 1. The molecule has 1 aliphatic rings. The molecule has 5 aromatic carbocycles. The molecule has 2 amide bonds. The van der Waals surface area contributed by atoms with Crippen LogP contribution in [0.25, 0.3) is 0 Å². The monoisotopic (exact) mass is 626 g/mol. The number of amides is 2. The van der Waals surface area contributed by atoms with E-state index in [1.54, 1.807) is 23.1 Å². The number of carbonyl (C=O) groups is 2. The van der Waals surface area contributed by atoms with Crippen molar-refractivity contribution in [1.29, 1.82) is 0 Å². The van der Waals surface area contributed by atoms with E-state index in [0.29, 0.717) is 18.0 Å². The molecule has 0 unspecified atom stereocenters. The zero-order valence-corrected chi connectivity index (χ0v) is 25.9. The molecule has 9 nitrogen and oxygen atoms in total. The predicted molar refractivity (Wildman–Crippen MR) is 180 cm³/mol. The van der Waals surface area contributed by atoms with Gasteiger partial charge in [-0.2, -0.15) is 0 Å². The molecule has 9 heteroatoms. The van der Waals surface area contributed by atoms with E-state index in [4.69, 9.17) is 4.74 Å². The lowest BCUT2D eigenvalue weighted by molar-refractivity contribution is -0.384. The molecule has 2 atom stereocenters. The number of nitrogens with zero attached hydrogens (tertiary/aromatic N) is 3. The van der Waals surface area contributed by atoms with Crippen LogP contribution in [0.1, 0.15) is 51.7 Å². The van der Waals surface area contributed by atoms with Gasteiger partial charge in [0.05, 0.1) is 22.2 Å². The molecule has 5 aromatic rings. The van der Waals surface area contributed by atoms with Crippen molar-refractivity contribution in [2.75, 3.05) is 11.5 Å². The number of hydrogen-bond donors (Lipinski definition) is 1. The molecule has 0 fully saturated rings. The first-order valence-corrected chi connectivity index (χ1v) is 15.4. The summed E-state index contributed by atoms with van der Waals surface area (Å²) in [5, 5.41) is 14.7. The highest BCUT2D eigenvalue weighted by molar-refractivity contribution is 6.02. The maximum Gasteiger partial charge on any atom is 0.270 e. The number of ether oxygens (including phenoxy) is 1. The highest BCUT2D eigenvalue weighted by atomic mass is 16.6. The Morgan fingerprint density at radius 2 is 1.38 bits per heavy atom. The van der Waals surface area contributed by atoms with Gasteiger partial charge < -0.3 is 19.9 Å². The zero-order chi connectivity index (χ0) is 32.8. The molecule has 1 N–H and O–H groups in total. The fraction of sp³-hybridized carbons (Fsp3) is 0.158. The Kier molecular flexibility index (Phi) is 9.24. The Labute approximate surface area is 273 Å². The van der Waals surface area contributed by atoms with Crippen LogP contribution in [0.3, 0.4) is 0 Å². The third-order valence-electron chi connectivity index (χ3n) is 8.20. The highest BCUT2D eigenvalue weighted by Crippen LogP contribution is 2.42. The number of rotatable bonds is 11. The highest BCUT2D eigenvalue weighted by Gasteiger charge is 2.39. The van der Waals surface area contributed by atoms with Gasteiger partial charge in [0.25, 0.3) is 17.5 Å². The fourth-order valence-corrected chi connectivity index (χ4v) is 5.87. The summed E-state index contributed by atoms with van der Waals surface area (Å²) >= 11 is 0. The topological polar surface area (TPSA) is 105 Å². The number of hydrogen-bond acceptors (Lipinski definition) is 6. The lowest BCUT2D eigenvalue weighted by atomic mass is 9.98. The van der Waals surface area contributed by atoms with Crippen molar-refractivity contribution >= 4 is 23.2 Å². The van der Waals surface area contributed by atoms with Crippen LogP contribution in [0.5, 0.6) is 5.75 Å². The van der Waals surface area contributed by atoms with Crippen molar-refractivity contribution in [1.82, 2.24) is 10.2 Å². The molecule has 0 saturated heterocycles. The van der Waals surface area contributed by atoms with Gasteiger partial charge in [0.2, 0.25) is 0 Å². The number of anilines is 1. The molecule has 1 aliphatic heterocycles. The van der Waals surface area contributed by atoms with Gasteiger partial charge in [0.1, 0.15) is 11.9 Å². The molecule has 47 heavy (non-hydrogen) atoms. The molecule has 0 spiro atoms. The minimum Gasteiger partial charge on any atom is -0.484 e. The second kappa shape index (κ2) is 14.0. The summed E-state index contributed by atoms with van der Waals surface area (Å²) in [5.74, 6) is -0.0258. The van der Waals surface area contributed by atoms with E-state index in [9.17, 15) is 19.7 Å². The quantitative estimate of drug-likeness (QED) is 0.123. The van der Waals surface area contributed by atoms with Gasteiger partial charge >= 0.3 is 0 Å². The van der Waals surface area contributed by atoms with Gasteiger partial charge in [-0.3, -0.25) is 19.7 Å². The van der Waals surface area contributed by atoms with E-state index in [2.05, 4.69) is 10.2 Å². The largest absolute Gasteiger partial charge is 0.484 e. The number of fused-ring (bicyclic) bond motifs is 1. The fourth-order valence-electron chi connectivity index (χ4n) is 5.87. The SMILES string of the molecule is C[C@@H](NC(=O)COc1ccc([C@H]2N(Cc3ccccc3)C(=O)c3cc([N+](=O)[O-])ccc3N2Cc2ccccc2)cc1)c1ccccc1. The molecule has 6 rings (SSSR count). The van der Waals surface area contributed by atoms with Crippen LogP contribution >= 0.6 is 0 Å². The number of nitrogens with one attached hydrogen (secondary N) is 1. The maximum atomic E-state index is 14.2. The summed E-state index contributed by atoms with van der Waals surface area (Å²) in [4.78, 5) is 41.9. The van der Waals surface area contributed by atoms with Crippen molar-refractivity contribution in [2.24, 2.45) is 0 Å². The molecule has 1 heterocycles. The first-order valence-electron chi connectivity index (χ1n) is 15.4. The zero-order valence-electron chi connectivity index (χ0n) is 25.9. The number of benzene rings is 5. The van der Waals surface area contributed by atoms with Gasteiger partial charge in [-0.05, 0) is 47.4 Å². The van der Waals surface area contributed by atoms with Gasteiger partial charge in [0, 0.05) is 25.2 Å². The first-order chi connectivity index (χ1) is 22.9. The van der Waals surface area contributed by atoms with Crippen molar-refractivity contribution in [2.45, 2.75) is 32.2 Å². The molecule has 0 saturated carbocycles. The summed E-state index contributed by atoms with van der Waals surface area (Å²) in [6.45, 7) is 2.51. The Bertz CT molecular complexity index is 1850. The number of nitro benzene ring substituents is 1. The van der Waals surface area contributed by atoms with E-state index >= 15 is 0 Å². The van der Waals surface area contributed by atoms with E-state index in [1.165, 1.54) is 12.1 Å². The van der Waals surface area contributed by atoms with Crippen LogP contribution in [0.15, 0.2) is 133 Å². The molecule has 0 aliphatic carbocycles. The van der Waals surface area contributed by atoms with Crippen LogP contribution in [-0.2, 0) is 17.9 Å². The normalized spacial score (nSPS) is 14.7. The van der Waals surface area contributed by atoms with Gasteiger partial charge in [-0.15, -0.1) is 0 Å². The standard InChI is InChI=1S/C38H34N4O5/c1-27(30-15-9-4-10-16-30)39-36(43)26-47-33-20-17-31(18-21-33)37-40(24-28-11-5-2-6-12-28)35-22-19-32(42(45)46)23-34(35)38(44)41(37)25-29-13-7-3-8-14-29/h2-23,27,37H,24-26H2,1H3,(H,39,43)/t27-,37-/m1/s1. The molecule has 0 aromatic heterocycles. The summed E-state index contributed by atoms with van der Waals surface area (Å²) < 4.78 is 5.83. The van der Waals surface area contributed by atoms with E-state index in [1.807, 2.05) is 110 Å². The number of nitro groups is 1.